The maximum absolute atomic E-state index is 10.3. The van der Waals surface area contributed by atoms with Gasteiger partial charge in [-0.05, 0) is 25.8 Å². The largest absolute Gasteiger partial charge is 0.389 e. The second-order valence-corrected chi connectivity index (χ2v) is 6.27. The number of morpholine rings is 1. The molecule has 0 unspecified atom stereocenters. The second-order valence-electron chi connectivity index (χ2n) is 6.27. The quantitative estimate of drug-likeness (QED) is 0.841. The first kappa shape index (κ1) is 17.4. The summed E-state index contributed by atoms with van der Waals surface area (Å²) in [5, 5.41) is 10.3. The minimum Gasteiger partial charge on any atom is -0.389 e. The molecule has 1 saturated heterocycles. The van der Waals surface area contributed by atoms with Crippen molar-refractivity contribution in [3.8, 4) is 0 Å². The number of rotatable bonds is 7. The van der Waals surface area contributed by atoms with Crippen LogP contribution in [0.1, 0.15) is 38.9 Å². The number of ether oxygens (including phenoxy) is 2. The van der Waals surface area contributed by atoms with E-state index in [4.69, 9.17) is 9.47 Å². The van der Waals surface area contributed by atoms with Crippen LogP contribution in [0.2, 0.25) is 0 Å². The smallest absolute Gasteiger partial charge is 0.0900 e. The zero-order valence-electron chi connectivity index (χ0n) is 13.9. The summed E-state index contributed by atoms with van der Waals surface area (Å²) < 4.78 is 11.6. The maximum Gasteiger partial charge on any atom is 0.0900 e. The van der Waals surface area contributed by atoms with Crippen molar-refractivity contribution in [2.45, 2.75) is 51.6 Å². The highest BCUT2D eigenvalue weighted by atomic mass is 16.5. The SMILES string of the molecule is CC[C@H](OC[C@H](O)CN1C[C@H](C)O[C@@H](C)C1)c1ccccc1. The highest BCUT2D eigenvalue weighted by molar-refractivity contribution is 5.17. The molecule has 0 radical (unpaired) electrons. The zero-order chi connectivity index (χ0) is 15.9. The average Bonchev–Trinajstić information content (AvgIpc) is 2.48. The Morgan fingerprint density at radius 1 is 1.23 bits per heavy atom. The van der Waals surface area contributed by atoms with Crippen LogP contribution in [0.25, 0.3) is 0 Å². The number of hydrogen-bond acceptors (Lipinski definition) is 4. The summed E-state index contributed by atoms with van der Waals surface area (Å²) in [5.74, 6) is 0. The van der Waals surface area contributed by atoms with Gasteiger partial charge in [-0.15, -0.1) is 0 Å². The minimum absolute atomic E-state index is 0.0541. The van der Waals surface area contributed by atoms with Gasteiger partial charge >= 0.3 is 0 Å². The molecule has 0 saturated carbocycles. The monoisotopic (exact) mass is 307 g/mol. The Bertz CT molecular complexity index is 416. The number of hydrogen-bond donors (Lipinski definition) is 1. The van der Waals surface area contributed by atoms with Crippen LogP contribution in [0, 0.1) is 0 Å². The number of aliphatic hydroxyl groups is 1. The van der Waals surface area contributed by atoms with Crippen molar-refractivity contribution in [1.29, 1.82) is 0 Å². The van der Waals surface area contributed by atoms with E-state index in [0.717, 1.165) is 19.5 Å². The second kappa shape index (κ2) is 8.63. The van der Waals surface area contributed by atoms with Gasteiger partial charge < -0.3 is 14.6 Å². The van der Waals surface area contributed by atoms with Gasteiger partial charge in [-0.25, -0.2) is 0 Å². The van der Waals surface area contributed by atoms with Crippen molar-refractivity contribution >= 4 is 0 Å². The van der Waals surface area contributed by atoms with Crippen LogP contribution in [-0.4, -0.2) is 54.6 Å². The standard InChI is InChI=1S/C18H29NO3/c1-4-18(16-8-6-5-7-9-16)21-13-17(20)12-19-10-14(2)22-15(3)11-19/h5-9,14-15,17-18,20H,4,10-13H2,1-3H3/t14-,15-,17+,18-/m0/s1. The van der Waals surface area contributed by atoms with Gasteiger partial charge in [0.2, 0.25) is 0 Å². The van der Waals surface area contributed by atoms with Crippen molar-refractivity contribution in [2.75, 3.05) is 26.2 Å². The van der Waals surface area contributed by atoms with Crippen LogP contribution in [0.15, 0.2) is 30.3 Å². The highest BCUT2D eigenvalue weighted by Gasteiger charge is 2.24. The Morgan fingerprint density at radius 2 is 1.86 bits per heavy atom. The lowest BCUT2D eigenvalue weighted by molar-refractivity contribution is -0.0861. The van der Waals surface area contributed by atoms with Crippen LogP contribution in [-0.2, 0) is 9.47 Å². The van der Waals surface area contributed by atoms with E-state index < -0.39 is 6.10 Å². The predicted octanol–water partition coefficient (Wildman–Crippen LogP) is 2.62. The molecule has 1 aromatic rings. The molecule has 0 aromatic heterocycles. The fourth-order valence-electron chi connectivity index (χ4n) is 3.13. The van der Waals surface area contributed by atoms with Gasteiger partial charge in [0.05, 0.1) is 31.0 Å². The molecule has 1 aromatic carbocycles. The van der Waals surface area contributed by atoms with Crippen molar-refractivity contribution < 1.29 is 14.6 Å². The van der Waals surface area contributed by atoms with Crippen LogP contribution >= 0.6 is 0 Å². The molecule has 124 valence electrons. The van der Waals surface area contributed by atoms with Crippen LogP contribution < -0.4 is 0 Å². The molecule has 1 aliphatic heterocycles. The topological polar surface area (TPSA) is 41.9 Å². The zero-order valence-corrected chi connectivity index (χ0v) is 13.9. The fourth-order valence-corrected chi connectivity index (χ4v) is 3.13. The van der Waals surface area contributed by atoms with Crippen molar-refractivity contribution in [1.82, 2.24) is 4.90 Å². The lowest BCUT2D eigenvalue weighted by atomic mass is 10.1. The van der Waals surface area contributed by atoms with E-state index in [2.05, 4.69) is 37.8 Å². The van der Waals surface area contributed by atoms with E-state index in [0.29, 0.717) is 13.2 Å². The van der Waals surface area contributed by atoms with E-state index in [1.807, 2.05) is 18.2 Å². The molecule has 4 nitrogen and oxygen atoms in total. The maximum atomic E-state index is 10.3. The third kappa shape index (κ3) is 5.36. The summed E-state index contributed by atoms with van der Waals surface area (Å²) >= 11 is 0. The van der Waals surface area contributed by atoms with E-state index in [1.165, 1.54) is 5.56 Å². The third-order valence-corrected chi connectivity index (χ3v) is 4.00. The molecule has 4 heteroatoms. The molecule has 2 rings (SSSR count). The molecule has 1 fully saturated rings. The molecule has 0 spiro atoms. The first-order chi connectivity index (χ1) is 10.6. The predicted molar refractivity (Wildman–Crippen MR) is 87.9 cm³/mol. The number of β-amino-alcohol motifs (C(OH)–C–C–N with tert-alkyl or cyclic N) is 1. The van der Waals surface area contributed by atoms with Gasteiger partial charge in [0.15, 0.2) is 0 Å². The molecular formula is C18H29NO3. The molecule has 0 aliphatic carbocycles. The number of aliphatic hydroxyl groups excluding tert-OH is 1. The molecule has 0 amide bonds. The summed E-state index contributed by atoms with van der Waals surface area (Å²) in [7, 11) is 0. The third-order valence-electron chi connectivity index (χ3n) is 4.00. The molecule has 0 bridgehead atoms. The first-order valence-electron chi connectivity index (χ1n) is 8.31. The van der Waals surface area contributed by atoms with Crippen molar-refractivity contribution in [3.63, 3.8) is 0 Å². The van der Waals surface area contributed by atoms with Crippen molar-refractivity contribution in [3.05, 3.63) is 35.9 Å². The lowest BCUT2D eigenvalue weighted by Gasteiger charge is -2.36. The summed E-state index contributed by atoms with van der Waals surface area (Å²) in [6.45, 7) is 9.02. The highest BCUT2D eigenvalue weighted by Crippen LogP contribution is 2.21. The van der Waals surface area contributed by atoms with E-state index >= 15 is 0 Å². The fraction of sp³-hybridized carbons (Fsp3) is 0.667. The van der Waals surface area contributed by atoms with E-state index in [1.54, 1.807) is 0 Å². The normalized spacial score (nSPS) is 25.8. The summed E-state index contributed by atoms with van der Waals surface area (Å²) in [6, 6.07) is 10.2. The van der Waals surface area contributed by atoms with Crippen LogP contribution in [0.5, 0.6) is 0 Å². The van der Waals surface area contributed by atoms with Crippen LogP contribution in [0.4, 0.5) is 0 Å². The Hall–Kier alpha value is -0.940. The molecule has 1 aliphatic rings. The van der Waals surface area contributed by atoms with E-state index in [9.17, 15) is 5.11 Å². The summed E-state index contributed by atoms with van der Waals surface area (Å²) in [4.78, 5) is 2.26. The van der Waals surface area contributed by atoms with Gasteiger partial charge in [-0.1, -0.05) is 37.3 Å². The van der Waals surface area contributed by atoms with Gasteiger partial charge in [0, 0.05) is 19.6 Å². The van der Waals surface area contributed by atoms with Gasteiger partial charge in [0.1, 0.15) is 0 Å². The molecule has 1 N–H and O–H groups in total. The molecule has 22 heavy (non-hydrogen) atoms. The van der Waals surface area contributed by atoms with Crippen LogP contribution in [0.3, 0.4) is 0 Å². The Morgan fingerprint density at radius 3 is 2.45 bits per heavy atom. The van der Waals surface area contributed by atoms with Gasteiger partial charge in [-0.2, -0.15) is 0 Å². The average molecular weight is 307 g/mol. The Labute approximate surface area is 134 Å². The van der Waals surface area contributed by atoms with Gasteiger partial charge in [0.25, 0.3) is 0 Å². The van der Waals surface area contributed by atoms with Crippen molar-refractivity contribution in [2.24, 2.45) is 0 Å². The Kier molecular flexibility index (Phi) is 6.83. The van der Waals surface area contributed by atoms with Gasteiger partial charge in [-0.3, -0.25) is 4.90 Å². The number of nitrogens with zero attached hydrogens (tertiary/aromatic N) is 1. The molecular weight excluding hydrogens is 278 g/mol. The summed E-state index contributed by atoms with van der Waals surface area (Å²) in [5.41, 5.74) is 1.17. The summed E-state index contributed by atoms with van der Waals surface area (Å²) in [6.07, 6.45) is 0.949. The molecule has 1 heterocycles. The van der Waals surface area contributed by atoms with E-state index in [-0.39, 0.29) is 18.3 Å². The number of benzene rings is 1. The first-order valence-corrected chi connectivity index (χ1v) is 8.31. The Balaban J connectivity index is 1.78. The lowest BCUT2D eigenvalue weighted by Crippen LogP contribution is -2.48. The molecule has 4 atom stereocenters. The minimum atomic E-state index is -0.463.